The molecule has 6 nitrogen and oxygen atoms in total. The molecular formula is C23H49NO5. The van der Waals surface area contributed by atoms with E-state index < -0.39 is 5.97 Å². The van der Waals surface area contributed by atoms with E-state index in [0.717, 1.165) is 25.7 Å². The molecule has 29 heavy (non-hydrogen) atoms. The number of aliphatic carboxylic acids is 1. The van der Waals surface area contributed by atoms with Crippen molar-refractivity contribution in [1.29, 1.82) is 0 Å². The molecule has 0 aliphatic rings. The van der Waals surface area contributed by atoms with Crippen molar-refractivity contribution < 1.29 is 24.3 Å². The van der Waals surface area contributed by atoms with Gasteiger partial charge in [0.1, 0.15) is 17.3 Å². The number of Topliss-reactive ketones (excluding diaryl/α,β-unsaturated/α-hetero) is 3. The molecule has 0 radical (unpaired) electrons. The second kappa shape index (κ2) is 24.5. The summed E-state index contributed by atoms with van der Waals surface area (Å²) in [6, 6.07) is 0. The standard InChI is InChI=1S/3C6H12O.C5H10O2.H3N/c3*1-4-5(2)6(3)7;1-3-4(2)5(6)7;/h3*5H,4H2,1-3H3;4H,3H2,1-2H3,(H,6,7);1H3. The van der Waals surface area contributed by atoms with Crippen LogP contribution in [0, 0.1) is 23.7 Å². The van der Waals surface area contributed by atoms with E-state index in [4.69, 9.17) is 5.11 Å². The fourth-order valence-corrected chi connectivity index (χ4v) is 1.04. The first-order valence-corrected chi connectivity index (χ1v) is 10.5. The Bertz CT molecular complexity index is 355. The van der Waals surface area contributed by atoms with Gasteiger partial charge in [-0.1, -0.05) is 55.4 Å². The van der Waals surface area contributed by atoms with Gasteiger partial charge in [0.05, 0.1) is 5.92 Å². The van der Waals surface area contributed by atoms with E-state index in [9.17, 15) is 19.2 Å². The first kappa shape index (κ1) is 38.1. The molecule has 0 saturated carbocycles. The number of rotatable bonds is 8. The van der Waals surface area contributed by atoms with Crippen molar-refractivity contribution in [2.45, 2.75) is 102 Å². The lowest BCUT2D eigenvalue weighted by Crippen LogP contribution is -2.06. The maximum absolute atomic E-state index is 10.4. The number of carbonyl (C=O) groups excluding carboxylic acids is 3. The highest BCUT2D eigenvalue weighted by molar-refractivity contribution is 5.78. The minimum atomic E-state index is -0.706. The second-order valence-corrected chi connectivity index (χ2v) is 7.41. The van der Waals surface area contributed by atoms with Crippen LogP contribution in [0.5, 0.6) is 0 Å². The van der Waals surface area contributed by atoms with Crippen LogP contribution in [-0.2, 0) is 19.2 Å². The minimum Gasteiger partial charge on any atom is -0.481 e. The molecule has 0 fully saturated rings. The van der Waals surface area contributed by atoms with Crippen LogP contribution in [-0.4, -0.2) is 28.4 Å². The van der Waals surface area contributed by atoms with Crippen LogP contribution in [0.2, 0.25) is 0 Å². The van der Waals surface area contributed by atoms with Crippen LogP contribution in [0.15, 0.2) is 0 Å². The van der Waals surface area contributed by atoms with Gasteiger partial charge in [0.15, 0.2) is 0 Å². The SMILES string of the molecule is CCC(C)C(=O)O.CCC(C)C(C)=O.CCC(C)C(C)=O.CCC(C)C(C)=O.N. The quantitative estimate of drug-likeness (QED) is 0.486. The van der Waals surface area contributed by atoms with E-state index in [0.29, 0.717) is 17.3 Å². The number of carboxylic acid groups (broad SMARTS) is 1. The summed E-state index contributed by atoms with van der Waals surface area (Å²) in [6.07, 6.45) is 3.62. The Hall–Kier alpha value is -1.56. The van der Waals surface area contributed by atoms with E-state index in [1.807, 2.05) is 48.5 Å². The van der Waals surface area contributed by atoms with Gasteiger partial charge in [-0.25, -0.2) is 0 Å². The minimum absolute atomic E-state index is 0. The Labute approximate surface area is 179 Å². The fraction of sp³-hybridized carbons (Fsp3) is 0.826. The molecule has 0 spiro atoms. The van der Waals surface area contributed by atoms with Gasteiger partial charge in [-0.2, -0.15) is 0 Å². The van der Waals surface area contributed by atoms with Gasteiger partial charge < -0.3 is 11.3 Å². The zero-order valence-corrected chi connectivity index (χ0v) is 20.9. The van der Waals surface area contributed by atoms with Gasteiger partial charge in [0, 0.05) is 17.8 Å². The summed E-state index contributed by atoms with van der Waals surface area (Å²) in [5, 5.41) is 8.18. The van der Waals surface area contributed by atoms with Crippen molar-refractivity contribution in [3.8, 4) is 0 Å². The topological polar surface area (TPSA) is 124 Å². The van der Waals surface area contributed by atoms with E-state index in [-0.39, 0.29) is 29.8 Å². The van der Waals surface area contributed by atoms with Crippen molar-refractivity contribution in [1.82, 2.24) is 6.15 Å². The zero-order valence-electron chi connectivity index (χ0n) is 20.9. The molecule has 6 heteroatoms. The Morgan fingerprint density at radius 2 is 0.724 bits per heavy atom. The molecule has 4 atom stereocenters. The predicted molar refractivity (Wildman–Crippen MR) is 123 cm³/mol. The highest BCUT2D eigenvalue weighted by atomic mass is 16.4. The number of hydrogen-bond acceptors (Lipinski definition) is 5. The molecule has 0 heterocycles. The van der Waals surface area contributed by atoms with E-state index in [1.165, 1.54) is 0 Å². The summed E-state index contributed by atoms with van der Waals surface area (Å²) in [5.74, 6) is 0.787. The average molecular weight is 420 g/mol. The van der Waals surface area contributed by atoms with Crippen LogP contribution in [0.25, 0.3) is 0 Å². The molecule has 0 aromatic carbocycles. The van der Waals surface area contributed by atoms with Gasteiger partial charge in [-0.15, -0.1) is 0 Å². The third-order valence-electron chi connectivity index (χ3n) is 4.95. The van der Waals surface area contributed by atoms with E-state index in [2.05, 4.69) is 0 Å². The number of hydrogen-bond donors (Lipinski definition) is 2. The maximum Gasteiger partial charge on any atom is 0.306 e. The van der Waals surface area contributed by atoms with Crippen molar-refractivity contribution in [3.05, 3.63) is 0 Å². The van der Waals surface area contributed by atoms with Crippen molar-refractivity contribution >= 4 is 23.3 Å². The molecule has 4 N–H and O–H groups in total. The van der Waals surface area contributed by atoms with Crippen molar-refractivity contribution in [2.75, 3.05) is 0 Å². The first-order chi connectivity index (χ1) is 12.7. The Balaban J connectivity index is -0.0000000873. The maximum atomic E-state index is 10.4. The van der Waals surface area contributed by atoms with Crippen molar-refractivity contribution in [2.24, 2.45) is 23.7 Å². The molecule has 176 valence electrons. The Kier molecular flexibility index (Phi) is 32.2. The number of carbonyl (C=O) groups is 4. The summed E-state index contributed by atoms with van der Waals surface area (Å²) in [7, 11) is 0. The smallest absolute Gasteiger partial charge is 0.306 e. The average Bonchev–Trinajstić information content (AvgIpc) is 2.66. The van der Waals surface area contributed by atoms with Gasteiger partial charge in [-0.3, -0.25) is 19.2 Å². The molecular weight excluding hydrogens is 370 g/mol. The summed E-state index contributed by atoms with van der Waals surface area (Å²) < 4.78 is 0. The molecule has 0 bridgehead atoms. The molecule has 0 aromatic rings. The molecule has 0 aliphatic heterocycles. The van der Waals surface area contributed by atoms with Crippen LogP contribution in [0.3, 0.4) is 0 Å². The summed E-state index contributed by atoms with van der Waals surface area (Å²) >= 11 is 0. The van der Waals surface area contributed by atoms with Crippen LogP contribution < -0.4 is 6.15 Å². The highest BCUT2D eigenvalue weighted by Gasteiger charge is 2.05. The number of ketones is 3. The Morgan fingerprint density at radius 1 is 0.552 bits per heavy atom. The first-order valence-electron chi connectivity index (χ1n) is 10.5. The second-order valence-electron chi connectivity index (χ2n) is 7.41. The monoisotopic (exact) mass is 419 g/mol. The molecule has 0 rings (SSSR count). The summed E-state index contributed by atoms with van der Waals surface area (Å²) in [6.45, 7) is 20.4. The largest absolute Gasteiger partial charge is 0.481 e. The third kappa shape index (κ3) is 31.4. The fourth-order valence-electron chi connectivity index (χ4n) is 1.04. The van der Waals surface area contributed by atoms with Gasteiger partial charge in [0.25, 0.3) is 0 Å². The van der Waals surface area contributed by atoms with Crippen LogP contribution in [0.1, 0.15) is 102 Å². The lowest BCUT2D eigenvalue weighted by atomic mass is 10.1. The highest BCUT2D eigenvalue weighted by Crippen LogP contribution is 2.00. The van der Waals surface area contributed by atoms with E-state index in [1.54, 1.807) is 27.7 Å². The number of carboxylic acids is 1. The predicted octanol–water partition coefficient (Wildman–Crippen LogP) is 6.14. The summed E-state index contributed by atoms with van der Waals surface area (Å²) in [5.41, 5.74) is 0. The molecule has 0 saturated heterocycles. The van der Waals surface area contributed by atoms with Gasteiger partial charge >= 0.3 is 5.97 Å². The molecule has 0 aromatic heterocycles. The summed E-state index contributed by atoms with van der Waals surface area (Å²) in [4.78, 5) is 41.1. The van der Waals surface area contributed by atoms with Crippen molar-refractivity contribution in [3.63, 3.8) is 0 Å². The third-order valence-corrected chi connectivity index (χ3v) is 4.95. The lowest BCUT2D eigenvalue weighted by molar-refractivity contribution is -0.141. The Morgan fingerprint density at radius 3 is 0.724 bits per heavy atom. The van der Waals surface area contributed by atoms with Gasteiger partial charge in [-0.05, 0) is 46.5 Å². The van der Waals surface area contributed by atoms with Crippen LogP contribution in [0.4, 0.5) is 0 Å². The zero-order chi connectivity index (χ0) is 23.4. The normalized spacial score (nSPS) is 13.1. The molecule has 0 amide bonds. The van der Waals surface area contributed by atoms with E-state index >= 15 is 0 Å². The lowest BCUT2D eigenvalue weighted by Gasteiger charge is -1.98. The molecule has 4 unspecified atom stereocenters. The van der Waals surface area contributed by atoms with Crippen LogP contribution >= 0.6 is 0 Å². The van der Waals surface area contributed by atoms with Gasteiger partial charge in [0.2, 0.25) is 0 Å². The molecule has 0 aliphatic carbocycles.